The lowest BCUT2D eigenvalue weighted by Crippen LogP contribution is -2.72. The number of carbonyl (C=O) groups excluding carboxylic acids is 2. The fourth-order valence-corrected chi connectivity index (χ4v) is 9.12. The molecule has 29 heavy (non-hydrogen) atoms. The molecule has 6 heteroatoms. The zero-order chi connectivity index (χ0) is 20.3. The lowest BCUT2D eigenvalue weighted by atomic mass is 9.53. The minimum atomic E-state index is -1.03. The summed E-state index contributed by atoms with van der Waals surface area (Å²) in [5.41, 5.74) is -0.508. The van der Waals surface area contributed by atoms with Crippen LogP contribution in [0.3, 0.4) is 0 Å². The Labute approximate surface area is 171 Å². The van der Waals surface area contributed by atoms with Gasteiger partial charge in [0.25, 0.3) is 0 Å². The minimum absolute atomic E-state index is 0.114. The Hall–Kier alpha value is -1.24. The quantitative estimate of drug-likeness (QED) is 0.562. The number of carbonyl (C=O) groups is 2. The van der Waals surface area contributed by atoms with Gasteiger partial charge in [-0.3, -0.25) is 9.69 Å². The maximum Gasteiger partial charge on any atom is 0.341 e. The van der Waals surface area contributed by atoms with Crippen molar-refractivity contribution < 1.29 is 24.2 Å². The van der Waals surface area contributed by atoms with E-state index < -0.39 is 11.6 Å². The first-order valence-corrected chi connectivity index (χ1v) is 11.3. The molecule has 3 aliphatic carbocycles. The van der Waals surface area contributed by atoms with Crippen molar-refractivity contribution in [3.63, 3.8) is 0 Å². The Balaban J connectivity index is 1.68. The van der Waals surface area contributed by atoms with Gasteiger partial charge in [0.05, 0.1) is 30.3 Å². The Morgan fingerprint density at radius 2 is 1.97 bits per heavy atom. The normalized spacial score (nSPS) is 54.4. The molecule has 3 heterocycles. The standard InChI is InChI=1S/C23H31NO5/c1-11-7-8-13-15-9-12-10-22(13,27)20-18(21(26)29-3)19(25)17-14(23(12,20)24(11)15)5-4-6-16(17)28-2/h11-17,27H,4-10H2,1-3H3/t11-,12-,13-,14+,15-,16-,17-,22+,23+/m0/s1. The van der Waals surface area contributed by atoms with Crippen LogP contribution in [0.4, 0.5) is 0 Å². The zero-order valence-corrected chi connectivity index (χ0v) is 17.5. The van der Waals surface area contributed by atoms with Crippen molar-refractivity contribution in [3.8, 4) is 0 Å². The number of methoxy groups -OCH3 is 2. The topological polar surface area (TPSA) is 76.1 Å². The van der Waals surface area contributed by atoms with Gasteiger partial charge < -0.3 is 14.6 Å². The Morgan fingerprint density at radius 3 is 2.69 bits per heavy atom. The maximum atomic E-state index is 13.8. The first kappa shape index (κ1) is 18.5. The van der Waals surface area contributed by atoms with Crippen LogP contribution in [-0.4, -0.2) is 65.3 Å². The van der Waals surface area contributed by atoms with Crippen molar-refractivity contribution in [1.82, 2.24) is 4.90 Å². The summed E-state index contributed by atoms with van der Waals surface area (Å²) in [6, 6.07) is 0.761. The molecule has 1 spiro atoms. The second-order valence-electron chi connectivity index (χ2n) is 10.3. The summed E-state index contributed by atoms with van der Waals surface area (Å²) in [5.74, 6) is -0.500. The average Bonchev–Trinajstić information content (AvgIpc) is 3.11. The SMILES string of the molecule is COC(=O)C1=C2[C@@]3([C@H]4C[C@H]5[C@H](CC[C@H](C)N53)[C@]2(O)C4)[C@@H]2CCC[C@H](OC)[C@H]2C1=O. The van der Waals surface area contributed by atoms with E-state index in [-0.39, 0.29) is 40.8 Å². The molecule has 5 bridgehead atoms. The minimum Gasteiger partial charge on any atom is -0.465 e. The summed E-state index contributed by atoms with van der Waals surface area (Å²) in [7, 11) is 3.02. The molecule has 1 unspecified atom stereocenters. The van der Waals surface area contributed by atoms with E-state index in [9.17, 15) is 14.7 Å². The molecule has 6 nitrogen and oxygen atoms in total. The maximum absolute atomic E-state index is 13.8. The molecule has 3 saturated heterocycles. The van der Waals surface area contributed by atoms with Crippen LogP contribution in [0.25, 0.3) is 0 Å². The number of piperidine rings is 2. The molecule has 0 amide bonds. The third kappa shape index (κ3) is 1.83. The first-order chi connectivity index (χ1) is 13.9. The predicted octanol–water partition coefficient (Wildman–Crippen LogP) is 1.85. The van der Waals surface area contributed by atoms with Crippen LogP contribution in [0.2, 0.25) is 0 Å². The van der Waals surface area contributed by atoms with Crippen LogP contribution in [0, 0.1) is 23.7 Å². The van der Waals surface area contributed by atoms with Gasteiger partial charge in [-0.25, -0.2) is 4.79 Å². The molecular weight excluding hydrogens is 370 g/mol. The van der Waals surface area contributed by atoms with E-state index >= 15 is 0 Å². The number of fused-ring (bicyclic) bond motifs is 2. The van der Waals surface area contributed by atoms with Gasteiger partial charge in [-0.2, -0.15) is 0 Å². The van der Waals surface area contributed by atoms with Gasteiger partial charge in [-0.1, -0.05) is 6.42 Å². The zero-order valence-electron chi connectivity index (χ0n) is 17.5. The van der Waals surface area contributed by atoms with Crippen molar-refractivity contribution >= 4 is 11.8 Å². The van der Waals surface area contributed by atoms with E-state index in [1.807, 2.05) is 0 Å². The molecule has 0 radical (unpaired) electrons. The van der Waals surface area contributed by atoms with E-state index in [1.54, 1.807) is 7.11 Å². The lowest BCUT2D eigenvalue weighted by Gasteiger charge is -2.64. The summed E-state index contributed by atoms with van der Waals surface area (Å²) in [4.78, 5) is 29.5. The first-order valence-electron chi connectivity index (χ1n) is 11.3. The Kier molecular flexibility index (Phi) is 3.65. The van der Waals surface area contributed by atoms with Gasteiger partial charge in [0.15, 0.2) is 5.78 Å². The number of hydrogen-bond acceptors (Lipinski definition) is 6. The van der Waals surface area contributed by atoms with Gasteiger partial charge in [-0.15, -0.1) is 0 Å². The number of esters is 1. The van der Waals surface area contributed by atoms with Crippen molar-refractivity contribution in [3.05, 3.63) is 11.1 Å². The van der Waals surface area contributed by atoms with E-state index in [1.165, 1.54) is 7.11 Å². The average molecular weight is 402 g/mol. The van der Waals surface area contributed by atoms with Crippen molar-refractivity contribution in [2.45, 2.75) is 81.2 Å². The number of aliphatic hydroxyl groups is 1. The molecule has 0 aromatic heterocycles. The summed E-state index contributed by atoms with van der Waals surface area (Å²) in [6.45, 7) is 2.29. The van der Waals surface area contributed by atoms with Gasteiger partial charge in [0.2, 0.25) is 0 Å². The molecule has 5 fully saturated rings. The Morgan fingerprint density at radius 1 is 1.17 bits per heavy atom. The summed E-state index contributed by atoms with van der Waals surface area (Å²) in [5, 5.41) is 12.1. The number of nitrogens with zero attached hydrogens (tertiary/aromatic N) is 1. The third-order valence-electron chi connectivity index (χ3n) is 9.67. The molecule has 1 N–H and O–H groups in total. The predicted molar refractivity (Wildman–Crippen MR) is 104 cm³/mol. The molecule has 0 aromatic rings. The number of hydrogen-bond donors (Lipinski definition) is 1. The highest BCUT2D eigenvalue weighted by molar-refractivity contribution is 6.20. The Bertz CT molecular complexity index is 837. The fourth-order valence-electron chi connectivity index (χ4n) is 9.12. The van der Waals surface area contributed by atoms with Gasteiger partial charge >= 0.3 is 5.97 Å². The molecule has 158 valence electrons. The number of rotatable bonds is 2. The molecule has 0 aromatic carbocycles. The van der Waals surface area contributed by atoms with Crippen molar-refractivity contribution in [2.24, 2.45) is 23.7 Å². The van der Waals surface area contributed by atoms with E-state index in [2.05, 4.69) is 11.8 Å². The lowest BCUT2D eigenvalue weighted by molar-refractivity contribution is -0.159. The third-order valence-corrected chi connectivity index (χ3v) is 9.67. The molecular formula is C23H31NO5. The largest absolute Gasteiger partial charge is 0.465 e. The number of ketones is 1. The number of ether oxygens (including phenoxy) is 2. The van der Waals surface area contributed by atoms with Gasteiger partial charge in [0.1, 0.15) is 5.57 Å². The second-order valence-corrected chi connectivity index (χ2v) is 10.3. The van der Waals surface area contributed by atoms with Crippen LogP contribution < -0.4 is 0 Å². The van der Waals surface area contributed by atoms with Crippen LogP contribution in [0.1, 0.15) is 51.9 Å². The summed E-state index contributed by atoms with van der Waals surface area (Å²) in [6.07, 6.45) is 6.45. The second kappa shape index (κ2) is 5.71. The molecule has 2 saturated carbocycles. The van der Waals surface area contributed by atoms with Gasteiger partial charge in [-0.05, 0) is 57.3 Å². The van der Waals surface area contributed by atoms with Crippen LogP contribution in [0.5, 0.6) is 0 Å². The summed E-state index contributed by atoms with van der Waals surface area (Å²) < 4.78 is 10.9. The molecule has 6 rings (SSSR count). The molecule has 6 aliphatic rings. The van der Waals surface area contributed by atoms with Crippen molar-refractivity contribution in [1.29, 1.82) is 0 Å². The molecule has 3 aliphatic heterocycles. The molecule has 10 atom stereocenters. The van der Waals surface area contributed by atoms with Crippen LogP contribution >= 0.6 is 0 Å². The van der Waals surface area contributed by atoms with Crippen molar-refractivity contribution in [2.75, 3.05) is 14.2 Å². The van der Waals surface area contributed by atoms with E-state index in [4.69, 9.17) is 9.47 Å². The smallest absolute Gasteiger partial charge is 0.341 e. The fraction of sp³-hybridized carbons (Fsp3) is 0.826. The highest BCUT2D eigenvalue weighted by Crippen LogP contribution is 2.74. The van der Waals surface area contributed by atoms with Crippen LogP contribution in [0.15, 0.2) is 11.1 Å². The van der Waals surface area contributed by atoms with Crippen LogP contribution in [-0.2, 0) is 19.1 Å². The summed E-state index contributed by atoms with van der Waals surface area (Å²) >= 11 is 0. The van der Waals surface area contributed by atoms with E-state index in [0.29, 0.717) is 24.4 Å². The highest BCUT2D eigenvalue weighted by Gasteiger charge is 2.80. The number of Topliss-reactive ketones (excluding diaryl/α,β-unsaturated/α-hetero) is 1. The monoisotopic (exact) mass is 401 g/mol. The van der Waals surface area contributed by atoms with E-state index in [0.717, 1.165) is 44.1 Å². The van der Waals surface area contributed by atoms with Gasteiger partial charge in [0, 0.05) is 30.7 Å². The highest BCUT2D eigenvalue weighted by atomic mass is 16.5.